The summed E-state index contributed by atoms with van der Waals surface area (Å²) in [6.45, 7) is 4.48. The molecule has 2 heterocycles. The van der Waals surface area contributed by atoms with Gasteiger partial charge in [-0.3, -0.25) is 0 Å². The first-order valence-electron chi connectivity index (χ1n) is 5.32. The number of nitrogens with zero attached hydrogens (tertiary/aromatic N) is 3. The van der Waals surface area contributed by atoms with Crippen molar-refractivity contribution in [2.75, 3.05) is 38.1 Å². The molecule has 0 amide bonds. The largest absolute Gasteiger partial charge is 0.355 e. The predicted octanol–water partition coefficient (Wildman–Crippen LogP) is 1.99. The third kappa shape index (κ3) is 2.92. The molecule has 0 unspecified atom stereocenters. The lowest BCUT2D eigenvalue weighted by Crippen LogP contribution is -2.29. The van der Waals surface area contributed by atoms with Crippen molar-refractivity contribution in [2.45, 2.75) is 6.42 Å². The molecule has 15 heavy (non-hydrogen) atoms. The van der Waals surface area contributed by atoms with Crippen molar-refractivity contribution in [2.24, 2.45) is 0 Å². The van der Waals surface area contributed by atoms with Crippen LogP contribution in [0, 0.1) is 0 Å². The van der Waals surface area contributed by atoms with Gasteiger partial charge in [-0.05, 0) is 48.1 Å². The molecule has 0 atom stereocenters. The molecular weight excluding hydrogens is 254 g/mol. The van der Waals surface area contributed by atoms with E-state index in [4.69, 9.17) is 0 Å². The minimum absolute atomic E-state index is 0.914. The standard InChI is InChI=1S/C11H16BrN3/c1-14-6-3-7-15(9-8-14)11-5-2-4-10(12)13-11/h2,4-5H,3,6-9H2,1H3. The van der Waals surface area contributed by atoms with Crippen LogP contribution in [0.4, 0.5) is 5.82 Å². The topological polar surface area (TPSA) is 19.4 Å². The summed E-state index contributed by atoms with van der Waals surface area (Å²) in [7, 11) is 2.18. The number of likely N-dealkylation sites (N-methyl/N-ethyl adjacent to an activating group) is 1. The van der Waals surface area contributed by atoms with Crippen LogP contribution in [-0.2, 0) is 0 Å². The van der Waals surface area contributed by atoms with E-state index in [9.17, 15) is 0 Å². The molecule has 0 saturated carbocycles. The van der Waals surface area contributed by atoms with E-state index in [1.54, 1.807) is 0 Å². The number of rotatable bonds is 1. The summed E-state index contributed by atoms with van der Waals surface area (Å²) in [5.74, 6) is 1.08. The Hall–Kier alpha value is -0.610. The maximum atomic E-state index is 4.49. The van der Waals surface area contributed by atoms with E-state index in [1.165, 1.54) is 13.0 Å². The number of aromatic nitrogens is 1. The quantitative estimate of drug-likeness (QED) is 0.727. The van der Waals surface area contributed by atoms with Crippen molar-refractivity contribution in [1.82, 2.24) is 9.88 Å². The zero-order valence-electron chi connectivity index (χ0n) is 8.99. The molecule has 2 rings (SSSR count). The van der Waals surface area contributed by atoms with Gasteiger partial charge in [0.05, 0.1) is 0 Å². The number of pyridine rings is 1. The fraction of sp³-hybridized carbons (Fsp3) is 0.545. The van der Waals surface area contributed by atoms with Crippen LogP contribution in [0.1, 0.15) is 6.42 Å². The number of halogens is 1. The Balaban J connectivity index is 2.09. The number of hydrogen-bond acceptors (Lipinski definition) is 3. The fourth-order valence-corrected chi connectivity index (χ4v) is 2.18. The van der Waals surface area contributed by atoms with Gasteiger partial charge < -0.3 is 9.80 Å². The Morgan fingerprint density at radius 1 is 1.20 bits per heavy atom. The minimum Gasteiger partial charge on any atom is -0.355 e. The zero-order valence-corrected chi connectivity index (χ0v) is 10.6. The average Bonchev–Trinajstić information content (AvgIpc) is 2.43. The van der Waals surface area contributed by atoms with Gasteiger partial charge in [0.25, 0.3) is 0 Å². The van der Waals surface area contributed by atoms with E-state index < -0.39 is 0 Å². The van der Waals surface area contributed by atoms with Crippen LogP contribution in [-0.4, -0.2) is 43.1 Å². The Morgan fingerprint density at radius 2 is 2.07 bits per heavy atom. The van der Waals surface area contributed by atoms with Gasteiger partial charge in [0.2, 0.25) is 0 Å². The molecule has 1 aromatic heterocycles. The first-order valence-corrected chi connectivity index (χ1v) is 6.11. The third-order valence-electron chi connectivity index (χ3n) is 2.74. The van der Waals surface area contributed by atoms with Gasteiger partial charge in [0, 0.05) is 19.6 Å². The Kier molecular flexibility index (Phi) is 3.59. The predicted molar refractivity (Wildman–Crippen MR) is 66.3 cm³/mol. The van der Waals surface area contributed by atoms with Crippen molar-refractivity contribution < 1.29 is 0 Å². The third-order valence-corrected chi connectivity index (χ3v) is 3.19. The van der Waals surface area contributed by atoms with Crippen molar-refractivity contribution in [3.63, 3.8) is 0 Å². The molecule has 82 valence electrons. The molecule has 3 nitrogen and oxygen atoms in total. The van der Waals surface area contributed by atoms with Gasteiger partial charge in [-0.15, -0.1) is 0 Å². The first-order chi connectivity index (χ1) is 7.25. The second-order valence-corrected chi connectivity index (χ2v) is 4.77. The second-order valence-electron chi connectivity index (χ2n) is 3.96. The minimum atomic E-state index is 0.914. The van der Waals surface area contributed by atoms with Crippen LogP contribution in [0.3, 0.4) is 0 Å². The lowest BCUT2D eigenvalue weighted by atomic mass is 10.3. The van der Waals surface area contributed by atoms with Gasteiger partial charge in [0.15, 0.2) is 0 Å². The van der Waals surface area contributed by atoms with E-state index in [1.807, 2.05) is 12.1 Å². The van der Waals surface area contributed by atoms with Crippen LogP contribution in [0.15, 0.2) is 22.8 Å². The van der Waals surface area contributed by atoms with Crippen molar-refractivity contribution >= 4 is 21.7 Å². The van der Waals surface area contributed by atoms with E-state index in [0.29, 0.717) is 0 Å². The molecule has 1 fully saturated rings. The molecule has 0 spiro atoms. The van der Waals surface area contributed by atoms with Crippen molar-refractivity contribution in [3.8, 4) is 0 Å². The molecule has 1 aromatic rings. The summed E-state index contributed by atoms with van der Waals surface area (Å²) < 4.78 is 0.914. The monoisotopic (exact) mass is 269 g/mol. The molecule has 0 aliphatic carbocycles. The molecular formula is C11H16BrN3. The van der Waals surface area contributed by atoms with E-state index in [0.717, 1.165) is 30.1 Å². The highest BCUT2D eigenvalue weighted by Crippen LogP contribution is 2.16. The first kappa shape index (κ1) is 10.9. The SMILES string of the molecule is CN1CCCN(c2cccc(Br)n2)CC1. The van der Waals surface area contributed by atoms with Crippen LogP contribution >= 0.6 is 15.9 Å². The lowest BCUT2D eigenvalue weighted by Gasteiger charge is -2.21. The molecule has 0 radical (unpaired) electrons. The maximum absolute atomic E-state index is 4.49. The molecule has 1 aliphatic heterocycles. The highest BCUT2D eigenvalue weighted by Gasteiger charge is 2.13. The van der Waals surface area contributed by atoms with Crippen LogP contribution in [0.25, 0.3) is 0 Å². The smallest absolute Gasteiger partial charge is 0.129 e. The Labute approximate surface area is 99.2 Å². The summed E-state index contributed by atoms with van der Waals surface area (Å²) in [6.07, 6.45) is 1.21. The van der Waals surface area contributed by atoms with Crippen LogP contribution < -0.4 is 4.90 Å². The van der Waals surface area contributed by atoms with E-state index in [-0.39, 0.29) is 0 Å². The van der Waals surface area contributed by atoms with Gasteiger partial charge in [-0.2, -0.15) is 0 Å². The lowest BCUT2D eigenvalue weighted by molar-refractivity contribution is 0.360. The molecule has 0 N–H and O–H groups in total. The van der Waals surface area contributed by atoms with Gasteiger partial charge in [0.1, 0.15) is 10.4 Å². The highest BCUT2D eigenvalue weighted by atomic mass is 79.9. The molecule has 1 saturated heterocycles. The summed E-state index contributed by atoms with van der Waals surface area (Å²) in [6, 6.07) is 6.09. The van der Waals surface area contributed by atoms with Crippen LogP contribution in [0.5, 0.6) is 0 Å². The van der Waals surface area contributed by atoms with Gasteiger partial charge in [-0.1, -0.05) is 6.07 Å². The maximum Gasteiger partial charge on any atom is 0.129 e. The average molecular weight is 270 g/mol. The molecule has 0 bridgehead atoms. The van der Waals surface area contributed by atoms with Gasteiger partial charge >= 0.3 is 0 Å². The number of hydrogen-bond donors (Lipinski definition) is 0. The van der Waals surface area contributed by atoms with Gasteiger partial charge in [-0.25, -0.2) is 4.98 Å². The molecule has 4 heteroatoms. The normalized spacial score (nSPS) is 18.9. The Bertz CT molecular complexity index is 329. The van der Waals surface area contributed by atoms with E-state index >= 15 is 0 Å². The summed E-state index contributed by atoms with van der Waals surface area (Å²) in [5, 5.41) is 0. The summed E-state index contributed by atoms with van der Waals surface area (Å²) in [4.78, 5) is 9.22. The summed E-state index contributed by atoms with van der Waals surface area (Å²) in [5.41, 5.74) is 0. The second kappa shape index (κ2) is 4.94. The van der Waals surface area contributed by atoms with E-state index in [2.05, 4.69) is 43.8 Å². The van der Waals surface area contributed by atoms with Crippen molar-refractivity contribution in [1.29, 1.82) is 0 Å². The number of anilines is 1. The summed E-state index contributed by atoms with van der Waals surface area (Å²) >= 11 is 3.41. The fourth-order valence-electron chi connectivity index (χ4n) is 1.85. The van der Waals surface area contributed by atoms with Crippen LogP contribution in [0.2, 0.25) is 0 Å². The molecule has 0 aromatic carbocycles. The zero-order chi connectivity index (χ0) is 10.7. The van der Waals surface area contributed by atoms with Crippen molar-refractivity contribution in [3.05, 3.63) is 22.8 Å². The molecule has 1 aliphatic rings. The Morgan fingerprint density at radius 3 is 2.87 bits per heavy atom. The highest BCUT2D eigenvalue weighted by molar-refractivity contribution is 9.10.